The summed E-state index contributed by atoms with van der Waals surface area (Å²) < 4.78 is 10.2. The summed E-state index contributed by atoms with van der Waals surface area (Å²) in [5.74, 6) is 0.105. The fraction of sp³-hybridized carbons (Fsp3) is 0.615. The molecule has 18 heavy (non-hydrogen) atoms. The molecule has 0 bridgehead atoms. The van der Waals surface area contributed by atoms with E-state index < -0.39 is 5.54 Å². The number of hydrogen-bond acceptors (Lipinski definition) is 5. The van der Waals surface area contributed by atoms with Gasteiger partial charge in [0, 0.05) is 18.5 Å². The maximum atomic E-state index is 12.1. The molecule has 1 aliphatic rings. The van der Waals surface area contributed by atoms with Crippen LogP contribution in [0, 0.1) is 5.92 Å². The first-order chi connectivity index (χ1) is 8.73. The smallest absolute Gasteiger partial charge is 0.328 e. The first-order valence-corrected chi connectivity index (χ1v) is 6.95. The van der Waals surface area contributed by atoms with Crippen molar-refractivity contribution in [1.29, 1.82) is 0 Å². The van der Waals surface area contributed by atoms with E-state index in [-0.39, 0.29) is 5.97 Å². The Labute approximate surface area is 111 Å². The maximum Gasteiger partial charge on any atom is 0.328 e. The highest BCUT2D eigenvalue weighted by Crippen LogP contribution is 2.41. The van der Waals surface area contributed by atoms with Gasteiger partial charge in [-0.2, -0.15) is 0 Å². The minimum atomic E-state index is -0.687. The lowest BCUT2D eigenvalue weighted by Crippen LogP contribution is -2.57. The molecule has 1 N–H and O–H groups in total. The minimum Gasteiger partial charge on any atom is -0.468 e. The molecule has 0 saturated heterocycles. The SMILES string of the molecule is COCC(NCc1cccs1)(C(=O)OC)C1CC1. The lowest BCUT2D eigenvalue weighted by Gasteiger charge is -2.31. The summed E-state index contributed by atoms with van der Waals surface area (Å²) in [5, 5.41) is 5.39. The molecular weight excluding hydrogens is 250 g/mol. The standard InChI is InChI=1S/C13H19NO3S/c1-16-9-13(10-5-6-10,12(15)17-2)14-8-11-4-3-7-18-11/h3-4,7,10,14H,5-6,8-9H2,1-2H3. The van der Waals surface area contributed by atoms with E-state index in [1.165, 1.54) is 12.0 Å². The van der Waals surface area contributed by atoms with Crippen LogP contribution in [0.1, 0.15) is 17.7 Å². The number of thiophene rings is 1. The zero-order valence-electron chi connectivity index (χ0n) is 10.8. The van der Waals surface area contributed by atoms with E-state index in [2.05, 4.69) is 11.4 Å². The van der Waals surface area contributed by atoms with E-state index in [1.807, 2.05) is 11.4 Å². The van der Waals surface area contributed by atoms with Crippen molar-refractivity contribution < 1.29 is 14.3 Å². The normalized spacial score (nSPS) is 18.3. The molecular formula is C13H19NO3S. The first-order valence-electron chi connectivity index (χ1n) is 6.07. The zero-order valence-corrected chi connectivity index (χ0v) is 11.6. The summed E-state index contributed by atoms with van der Waals surface area (Å²) in [6.45, 7) is 1.03. The van der Waals surface area contributed by atoms with Crippen molar-refractivity contribution in [2.24, 2.45) is 5.92 Å². The Bertz CT molecular complexity index is 389. The summed E-state index contributed by atoms with van der Waals surface area (Å²) in [6, 6.07) is 4.06. The highest BCUT2D eigenvalue weighted by Gasteiger charge is 2.51. The first kappa shape index (κ1) is 13.5. The van der Waals surface area contributed by atoms with Gasteiger partial charge >= 0.3 is 5.97 Å². The van der Waals surface area contributed by atoms with Crippen LogP contribution in [-0.2, 0) is 20.8 Å². The van der Waals surface area contributed by atoms with Gasteiger partial charge in [-0.1, -0.05) is 6.07 Å². The summed E-state index contributed by atoms with van der Waals surface area (Å²) in [6.07, 6.45) is 2.10. The van der Waals surface area contributed by atoms with Crippen LogP contribution in [0.2, 0.25) is 0 Å². The van der Waals surface area contributed by atoms with Crippen molar-refractivity contribution in [1.82, 2.24) is 5.32 Å². The van der Waals surface area contributed by atoms with Gasteiger partial charge in [0.05, 0.1) is 13.7 Å². The largest absolute Gasteiger partial charge is 0.468 e. The topological polar surface area (TPSA) is 47.6 Å². The molecule has 1 saturated carbocycles. The van der Waals surface area contributed by atoms with E-state index >= 15 is 0 Å². The lowest BCUT2D eigenvalue weighted by molar-refractivity contribution is -0.152. The van der Waals surface area contributed by atoms with Crippen LogP contribution < -0.4 is 5.32 Å². The Balaban J connectivity index is 2.09. The van der Waals surface area contributed by atoms with Gasteiger partial charge in [0.25, 0.3) is 0 Å². The van der Waals surface area contributed by atoms with Crippen LogP contribution in [0.25, 0.3) is 0 Å². The fourth-order valence-electron chi connectivity index (χ4n) is 2.25. The second-order valence-electron chi connectivity index (χ2n) is 4.60. The molecule has 1 aromatic rings. The second kappa shape index (κ2) is 5.82. The molecule has 1 atom stereocenters. The van der Waals surface area contributed by atoms with Gasteiger partial charge in [-0.3, -0.25) is 5.32 Å². The van der Waals surface area contributed by atoms with Crippen LogP contribution >= 0.6 is 11.3 Å². The van der Waals surface area contributed by atoms with E-state index in [4.69, 9.17) is 9.47 Å². The van der Waals surface area contributed by atoms with E-state index in [9.17, 15) is 4.79 Å². The molecule has 1 aliphatic carbocycles. The maximum absolute atomic E-state index is 12.1. The number of methoxy groups -OCH3 is 2. The zero-order chi connectivity index (χ0) is 13.0. The molecule has 1 aromatic heterocycles. The van der Waals surface area contributed by atoms with Gasteiger partial charge < -0.3 is 9.47 Å². The van der Waals surface area contributed by atoms with Crippen LogP contribution in [-0.4, -0.2) is 32.3 Å². The number of hydrogen-bond donors (Lipinski definition) is 1. The Kier molecular flexibility index (Phi) is 4.37. The minimum absolute atomic E-state index is 0.219. The second-order valence-corrected chi connectivity index (χ2v) is 5.64. The number of esters is 1. The number of carbonyl (C=O) groups is 1. The third-order valence-electron chi connectivity index (χ3n) is 3.35. The average Bonchev–Trinajstić information content (AvgIpc) is 3.11. The Morgan fingerprint density at radius 3 is 2.83 bits per heavy atom. The van der Waals surface area contributed by atoms with Crippen LogP contribution in [0.3, 0.4) is 0 Å². The molecule has 1 heterocycles. The lowest BCUT2D eigenvalue weighted by atomic mass is 9.94. The third kappa shape index (κ3) is 2.74. The predicted octanol–water partition coefficient (Wildman–Crippen LogP) is 1.81. The van der Waals surface area contributed by atoms with Crippen molar-refractivity contribution in [2.75, 3.05) is 20.8 Å². The summed E-state index contributed by atoms with van der Waals surface area (Å²) in [4.78, 5) is 13.3. The highest BCUT2D eigenvalue weighted by atomic mass is 32.1. The Morgan fingerprint density at radius 2 is 2.33 bits per heavy atom. The Morgan fingerprint density at radius 1 is 1.56 bits per heavy atom. The van der Waals surface area contributed by atoms with Gasteiger partial charge in [-0.05, 0) is 30.2 Å². The predicted molar refractivity (Wildman–Crippen MR) is 70.5 cm³/mol. The van der Waals surface area contributed by atoms with Gasteiger partial charge in [0.1, 0.15) is 5.54 Å². The van der Waals surface area contributed by atoms with Crippen molar-refractivity contribution in [3.05, 3.63) is 22.4 Å². The third-order valence-corrected chi connectivity index (χ3v) is 4.23. The summed E-state index contributed by atoms with van der Waals surface area (Å²) in [5.41, 5.74) is -0.687. The molecule has 5 heteroatoms. The van der Waals surface area contributed by atoms with Crippen LogP contribution in [0.4, 0.5) is 0 Å². The summed E-state index contributed by atoms with van der Waals surface area (Å²) in [7, 11) is 3.05. The fourth-order valence-corrected chi connectivity index (χ4v) is 2.90. The van der Waals surface area contributed by atoms with Gasteiger partial charge in [-0.15, -0.1) is 11.3 Å². The van der Waals surface area contributed by atoms with E-state index in [0.717, 1.165) is 12.8 Å². The number of nitrogens with one attached hydrogen (secondary N) is 1. The van der Waals surface area contributed by atoms with Gasteiger partial charge in [-0.25, -0.2) is 4.79 Å². The number of rotatable bonds is 7. The van der Waals surface area contributed by atoms with Crippen molar-refractivity contribution in [3.8, 4) is 0 Å². The van der Waals surface area contributed by atoms with Crippen molar-refractivity contribution >= 4 is 17.3 Å². The van der Waals surface area contributed by atoms with Crippen LogP contribution in [0.15, 0.2) is 17.5 Å². The average molecular weight is 269 g/mol. The number of ether oxygens (including phenoxy) is 2. The molecule has 0 aromatic carbocycles. The molecule has 0 amide bonds. The molecule has 0 radical (unpaired) electrons. The highest BCUT2D eigenvalue weighted by molar-refractivity contribution is 7.09. The van der Waals surface area contributed by atoms with Gasteiger partial charge in [0.2, 0.25) is 0 Å². The van der Waals surface area contributed by atoms with Crippen molar-refractivity contribution in [2.45, 2.75) is 24.9 Å². The molecule has 0 spiro atoms. The molecule has 0 aliphatic heterocycles. The Hall–Kier alpha value is -0.910. The quantitative estimate of drug-likeness (QED) is 0.767. The van der Waals surface area contributed by atoms with Crippen molar-refractivity contribution in [3.63, 3.8) is 0 Å². The molecule has 2 rings (SSSR count). The summed E-state index contributed by atoms with van der Waals surface area (Å²) >= 11 is 1.68. The van der Waals surface area contributed by atoms with Crippen LogP contribution in [0.5, 0.6) is 0 Å². The molecule has 1 fully saturated rings. The molecule has 100 valence electrons. The van der Waals surface area contributed by atoms with E-state index in [0.29, 0.717) is 19.1 Å². The molecule has 4 nitrogen and oxygen atoms in total. The van der Waals surface area contributed by atoms with Gasteiger partial charge in [0.15, 0.2) is 0 Å². The van der Waals surface area contributed by atoms with E-state index in [1.54, 1.807) is 18.4 Å². The number of carbonyl (C=O) groups excluding carboxylic acids is 1. The molecule has 1 unspecified atom stereocenters. The monoisotopic (exact) mass is 269 g/mol.